The van der Waals surface area contributed by atoms with E-state index in [-0.39, 0.29) is 13.0 Å². The predicted octanol–water partition coefficient (Wildman–Crippen LogP) is 0.520. The van der Waals surface area contributed by atoms with Crippen molar-refractivity contribution in [1.29, 1.82) is 0 Å². The molecule has 0 saturated carbocycles. The van der Waals surface area contributed by atoms with Gasteiger partial charge in [-0.1, -0.05) is 12.1 Å². The first-order valence-electron chi connectivity index (χ1n) is 6.43. The van der Waals surface area contributed by atoms with Gasteiger partial charge in [0.15, 0.2) is 0 Å². The zero-order valence-electron chi connectivity index (χ0n) is 11.4. The molecular formula is C14H17N3O3S. The van der Waals surface area contributed by atoms with Crippen LogP contribution in [-0.2, 0) is 17.0 Å². The van der Waals surface area contributed by atoms with Crippen molar-refractivity contribution in [1.82, 2.24) is 4.98 Å². The molecule has 0 atom stereocenters. The van der Waals surface area contributed by atoms with Gasteiger partial charge in [0.05, 0.1) is 18.6 Å². The second-order valence-corrected chi connectivity index (χ2v) is 5.75. The molecule has 0 fully saturated rings. The number of aromatic amines is 1. The number of H-pyrrole nitrogens is 1. The van der Waals surface area contributed by atoms with Gasteiger partial charge in [-0.05, 0) is 11.6 Å². The number of carbonyl (C=O) groups is 2. The number of aliphatic hydroxyl groups excluding tert-OH is 1. The number of amides is 2. The summed E-state index contributed by atoms with van der Waals surface area (Å²) in [6.07, 6.45) is -0.0540. The zero-order chi connectivity index (χ0) is 15.4. The van der Waals surface area contributed by atoms with Crippen LogP contribution in [0, 0.1) is 0 Å². The molecule has 0 aliphatic rings. The number of fused-ring (bicyclic) bond motifs is 1. The molecule has 0 unspecified atom stereocenters. The van der Waals surface area contributed by atoms with Crippen LogP contribution in [0.25, 0.3) is 10.9 Å². The Balaban J connectivity index is 2.39. The van der Waals surface area contributed by atoms with Crippen LogP contribution in [0.15, 0.2) is 18.2 Å². The number of rotatable bonds is 7. The number of thioether (sulfide) groups is 1. The first-order chi connectivity index (χ1) is 10.0. The summed E-state index contributed by atoms with van der Waals surface area (Å²) in [4.78, 5) is 25.7. The molecule has 0 radical (unpaired) electrons. The lowest BCUT2D eigenvalue weighted by molar-refractivity contribution is -0.117. The number of aromatic nitrogens is 1. The summed E-state index contributed by atoms with van der Waals surface area (Å²) in [6.45, 7) is 0.143. The van der Waals surface area contributed by atoms with Crippen molar-refractivity contribution in [2.75, 3.05) is 12.4 Å². The van der Waals surface area contributed by atoms with Crippen LogP contribution in [-0.4, -0.2) is 34.3 Å². The number of hydrogen-bond acceptors (Lipinski definition) is 4. The number of carbonyl (C=O) groups excluding carboxylic acids is 2. The standard InChI is InChI=1S/C14H17N3O3S/c15-12(19)6-11-13(14(16)20)9-2-1-8(5-10(9)17-11)7-21-4-3-18/h1-2,5,17-18H,3-4,6-7H2,(H2,15,19)(H2,16,20). The van der Waals surface area contributed by atoms with Crippen molar-refractivity contribution >= 4 is 34.5 Å². The molecule has 6 nitrogen and oxygen atoms in total. The molecule has 7 heteroatoms. The third-order valence-electron chi connectivity index (χ3n) is 3.04. The lowest BCUT2D eigenvalue weighted by atomic mass is 10.1. The third-order valence-corrected chi connectivity index (χ3v) is 4.05. The van der Waals surface area contributed by atoms with Gasteiger partial charge in [0.2, 0.25) is 5.91 Å². The minimum atomic E-state index is -0.583. The molecule has 0 aliphatic carbocycles. The molecule has 2 aromatic rings. The maximum absolute atomic E-state index is 11.6. The second kappa shape index (κ2) is 6.64. The highest BCUT2D eigenvalue weighted by atomic mass is 32.2. The molecule has 0 saturated heterocycles. The maximum atomic E-state index is 11.6. The second-order valence-electron chi connectivity index (χ2n) is 4.64. The summed E-state index contributed by atoms with van der Waals surface area (Å²) in [7, 11) is 0. The van der Waals surface area contributed by atoms with Crippen molar-refractivity contribution in [3.8, 4) is 0 Å². The van der Waals surface area contributed by atoms with Crippen LogP contribution in [0.4, 0.5) is 0 Å². The van der Waals surface area contributed by atoms with Gasteiger partial charge < -0.3 is 21.6 Å². The largest absolute Gasteiger partial charge is 0.396 e. The van der Waals surface area contributed by atoms with E-state index in [4.69, 9.17) is 16.6 Å². The Morgan fingerprint density at radius 1 is 1.29 bits per heavy atom. The third kappa shape index (κ3) is 3.56. The average molecular weight is 307 g/mol. The summed E-state index contributed by atoms with van der Waals surface area (Å²) in [5.74, 6) is 0.317. The Hall–Kier alpha value is -1.99. The summed E-state index contributed by atoms with van der Waals surface area (Å²) in [6, 6.07) is 5.63. The molecular weight excluding hydrogens is 290 g/mol. The summed E-state index contributed by atoms with van der Waals surface area (Å²) >= 11 is 1.61. The fourth-order valence-electron chi connectivity index (χ4n) is 2.23. The Kier molecular flexibility index (Phi) is 4.87. The summed E-state index contributed by atoms with van der Waals surface area (Å²) in [5.41, 5.74) is 13.2. The van der Waals surface area contributed by atoms with E-state index in [0.29, 0.717) is 22.4 Å². The Bertz CT molecular complexity index is 681. The zero-order valence-corrected chi connectivity index (χ0v) is 12.2. The van der Waals surface area contributed by atoms with Gasteiger partial charge in [0, 0.05) is 28.1 Å². The topological polar surface area (TPSA) is 122 Å². The van der Waals surface area contributed by atoms with Crippen LogP contribution >= 0.6 is 11.8 Å². The highest BCUT2D eigenvalue weighted by molar-refractivity contribution is 7.98. The maximum Gasteiger partial charge on any atom is 0.251 e. The molecule has 0 bridgehead atoms. The van der Waals surface area contributed by atoms with Gasteiger partial charge in [-0.2, -0.15) is 11.8 Å². The number of benzene rings is 1. The van der Waals surface area contributed by atoms with Crippen LogP contribution in [0.2, 0.25) is 0 Å². The molecule has 6 N–H and O–H groups in total. The Labute approximate surface area is 125 Å². The van der Waals surface area contributed by atoms with Crippen LogP contribution in [0.3, 0.4) is 0 Å². The first kappa shape index (κ1) is 15.4. The molecule has 2 rings (SSSR count). The molecule has 1 heterocycles. The van der Waals surface area contributed by atoms with Gasteiger partial charge in [-0.3, -0.25) is 9.59 Å². The van der Waals surface area contributed by atoms with E-state index in [9.17, 15) is 9.59 Å². The van der Waals surface area contributed by atoms with E-state index in [1.54, 1.807) is 11.8 Å². The van der Waals surface area contributed by atoms with Crippen molar-refractivity contribution in [2.45, 2.75) is 12.2 Å². The smallest absolute Gasteiger partial charge is 0.251 e. The summed E-state index contributed by atoms with van der Waals surface area (Å²) in [5, 5.41) is 9.47. The Morgan fingerprint density at radius 3 is 2.67 bits per heavy atom. The van der Waals surface area contributed by atoms with Crippen LogP contribution < -0.4 is 11.5 Å². The number of primary amides is 2. The monoisotopic (exact) mass is 307 g/mol. The minimum Gasteiger partial charge on any atom is -0.396 e. The predicted molar refractivity (Wildman–Crippen MR) is 83.0 cm³/mol. The molecule has 0 aliphatic heterocycles. The van der Waals surface area contributed by atoms with E-state index in [1.165, 1.54) is 0 Å². The fourth-order valence-corrected chi connectivity index (χ4v) is 2.92. The lowest BCUT2D eigenvalue weighted by Crippen LogP contribution is -2.18. The van der Waals surface area contributed by atoms with E-state index < -0.39 is 11.8 Å². The van der Waals surface area contributed by atoms with Crippen molar-refractivity contribution in [3.05, 3.63) is 35.0 Å². The van der Waals surface area contributed by atoms with E-state index in [2.05, 4.69) is 4.98 Å². The molecule has 1 aromatic carbocycles. The fraction of sp³-hybridized carbons (Fsp3) is 0.286. The SMILES string of the molecule is NC(=O)Cc1[nH]c2cc(CSCCO)ccc2c1C(N)=O. The summed E-state index contributed by atoms with van der Waals surface area (Å²) < 4.78 is 0. The molecule has 1 aromatic heterocycles. The quantitative estimate of drug-likeness (QED) is 0.557. The van der Waals surface area contributed by atoms with E-state index >= 15 is 0 Å². The van der Waals surface area contributed by atoms with E-state index in [0.717, 1.165) is 16.8 Å². The lowest BCUT2D eigenvalue weighted by Gasteiger charge is -2.01. The first-order valence-corrected chi connectivity index (χ1v) is 7.58. The number of hydrogen-bond donors (Lipinski definition) is 4. The number of nitrogens with one attached hydrogen (secondary N) is 1. The normalized spacial score (nSPS) is 10.9. The van der Waals surface area contributed by atoms with Gasteiger partial charge in [-0.25, -0.2) is 0 Å². The van der Waals surface area contributed by atoms with Gasteiger partial charge in [-0.15, -0.1) is 0 Å². The highest BCUT2D eigenvalue weighted by Gasteiger charge is 2.17. The van der Waals surface area contributed by atoms with Crippen LogP contribution in [0.1, 0.15) is 21.6 Å². The number of nitrogens with two attached hydrogens (primary N) is 2. The average Bonchev–Trinajstić information content (AvgIpc) is 2.75. The van der Waals surface area contributed by atoms with Gasteiger partial charge in [0.25, 0.3) is 5.91 Å². The molecule has 0 spiro atoms. The Morgan fingerprint density at radius 2 is 2.05 bits per heavy atom. The van der Waals surface area contributed by atoms with Crippen molar-refractivity contribution in [3.63, 3.8) is 0 Å². The van der Waals surface area contributed by atoms with E-state index in [1.807, 2.05) is 18.2 Å². The molecule has 2 amide bonds. The van der Waals surface area contributed by atoms with Gasteiger partial charge in [0.1, 0.15) is 0 Å². The molecule has 21 heavy (non-hydrogen) atoms. The van der Waals surface area contributed by atoms with Crippen LogP contribution in [0.5, 0.6) is 0 Å². The minimum absolute atomic E-state index is 0.0540. The highest BCUT2D eigenvalue weighted by Crippen LogP contribution is 2.25. The van der Waals surface area contributed by atoms with Crippen molar-refractivity contribution < 1.29 is 14.7 Å². The number of aliphatic hydroxyl groups is 1. The van der Waals surface area contributed by atoms with Crippen molar-refractivity contribution in [2.24, 2.45) is 11.5 Å². The van der Waals surface area contributed by atoms with Gasteiger partial charge >= 0.3 is 0 Å². The molecule has 112 valence electrons.